The number of esters is 1. The molecule has 2 saturated carbocycles. The minimum Gasteiger partial charge on any atom is -0.469 e. The molecule has 1 saturated heterocycles. The number of carbonyl (C=O) groups is 1. The second-order valence-electron chi connectivity index (χ2n) is 9.54. The molecule has 5 aliphatic rings. The summed E-state index contributed by atoms with van der Waals surface area (Å²) in [5.74, 6) is 0.610. The van der Waals surface area contributed by atoms with E-state index in [-0.39, 0.29) is 28.5 Å². The minimum atomic E-state index is -0.421. The molecule has 2 bridgehead atoms. The van der Waals surface area contributed by atoms with Crippen LogP contribution in [0.3, 0.4) is 0 Å². The van der Waals surface area contributed by atoms with Gasteiger partial charge in [0.05, 0.1) is 12.5 Å². The molecule has 2 heterocycles. The zero-order chi connectivity index (χ0) is 18.1. The van der Waals surface area contributed by atoms with Crippen molar-refractivity contribution in [1.29, 1.82) is 0 Å². The summed E-state index contributed by atoms with van der Waals surface area (Å²) in [7, 11) is 1.52. The summed E-state index contributed by atoms with van der Waals surface area (Å²) in [5.41, 5.74) is 0.298. The van der Waals surface area contributed by atoms with E-state index < -0.39 is 5.41 Å². The molecular weight excluding hydrogens is 316 g/mol. The molecule has 2 aliphatic heterocycles. The predicted octanol–water partition coefficient (Wildman–Crippen LogP) is 4.58. The van der Waals surface area contributed by atoms with Crippen molar-refractivity contribution in [3.63, 3.8) is 0 Å². The molecule has 25 heavy (non-hydrogen) atoms. The van der Waals surface area contributed by atoms with Crippen LogP contribution in [0.1, 0.15) is 72.6 Å². The van der Waals surface area contributed by atoms with E-state index in [1.54, 1.807) is 0 Å². The van der Waals surface area contributed by atoms with Crippen LogP contribution in [0.25, 0.3) is 0 Å². The number of ether oxygens (including phenoxy) is 1. The monoisotopic (exact) mass is 348 g/mol. The van der Waals surface area contributed by atoms with Crippen LogP contribution in [0, 0.1) is 22.7 Å². The maximum absolute atomic E-state index is 12.7. The Balaban J connectivity index is 1.79. The molecule has 0 aromatic heterocycles. The zero-order valence-electron chi connectivity index (χ0n) is 16.3. The van der Waals surface area contributed by atoms with Gasteiger partial charge in [-0.3, -0.25) is 4.79 Å². The number of hydrogen-bond donors (Lipinski definition) is 0. The quantitative estimate of drug-likeness (QED) is 0.416. The van der Waals surface area contributed by atoms with Crippen molar-refractivity contribution in [2.24, 2.45) is 22.7 Å². The molecule has 0 aromatic rings. The van der Waals surface area contributed by atoms with Gasteiger partial charge in [-0.05, 0) is 68.9 Å². The van der Waals surface area contributed by atoms with Gasteiger partial charge in [-0.1, -0.05) is 27.2 Å². The van der Waals surface area contributed by atoms with Crippen molar-refractivity contribution >= 4 is 5.97 Å². The van der Waals surface area contributed by atoms with Crippen LogP contribution < -0.4 is 0 Å². The molecule has 0 unspecified atom stereocenters. The third-order valence-corrected chi connectivity index (χ3v) is 8.33. The highest BCUT2D eigenvalue weighted by Gasteiger charge is 2.69. The first kappa shape index (κ1) is 17.5. The summed E-state index contributed by atoms with van der Waals surface area (Å²) in [5, 5.41) is 0. The van der Waals surface area contributed by atoms with Gasteiger partial charge in [0, 0.05) is 5.41 Å². The van der Waals surface area contributed by atoms with E-state index in [1.165, 1.54) is 12.7 Å². The van der Waals surface area contributed by atoms with Crippen LogP contribution in [-0.2, 0) is 19.3 Å². The molecule has 140 valence electrons. The lowest BCUT2D eigenvalue weighted by molar-refractivity contribution is -0.465. The Labute approximate surface area is 151 Å². The van der Waals surface area contributed by atoms with E-state index in [0.717, 1.165) is 44.9 Å². The summed E-state index contributed by atoms with van der Waals surface area (Å²) in [4.78, 5) is 25.0. The summed E-state index contributed by atoms with van der Waals surface area (Å²) >= 11 is 0. The van der Waals surface area contributed by atoms with E-state index in [0.29, 0.717) is 5.92 Å². The lowest BCUT2D eigenvalue weighted by atomic mass is 9.43. The van der Waals surface area contributed by atoms with Gasteiger partial charge in [0.2, 0.25) is 0 Å². The van der Waals surface area contributed by atoms with Crippen LogP contribution in [-0.4, -0.2) is 24.3 Å². The molecule has 5 rings (SSSR count). The van der Waals surface area contributed by atoms with Gasteiger partial charge in [0.1, 0.15) is 11.2 Å². The van der Waals surface area contributed by atoms with Crippen molar-refractivity contribution < 1.29 is 19.3 Å². The largest absolute Gasteiger partial charge is 0.469 e. The number of carbonyl (C=O) groups excluding carboxylic acids is 1. The van der Waals surface area contributed by atoms with E-state index in [2.05, 4.69) is 33.8 Å². The highest BCUT2D eigenvalue weighted by molar-refractivity contribution is 5.77. The highest BCUT2D eigenvalue weighted by Crippen LogP contribution is 2.68. The standard InChI is InChI=1S/C21H32O4/c1-14(2)20-11-12-21(25-24-20)15(13-20)7-8-16-18(3,17(22)23-5)9-6-10-19(16,21)4/h13-14,16H,6-12H2,1-5H3/t16-,18-,19+,20+,21-/m1/s1. The first-order chi connectivity index (χ1) is 11.7. The predicted molar refractivity (Wildman–Crippen MR) is 94.6 cm³/mol. The topological polar surface area (TPSA) is 44.8 Å². The average Bonchev–Trinajstić information content (AvgIpc) is 2.61. The van der Waals surface area contributed by atoms with Gasteiger partial charge in [0.15, 0.2) is 0 Å². The summed E-state index contributed by atoms with van der Waals surface area (Å²) < 4.78 is 5.22. The van der Waals surface area contributed by atoms with Gasteiger partial charge >= 0.3 is 5.97 Å². The second kappa shape index (κ2) is 5.32. The molecule has 0 aromatic carbocycles. The molecular formula is C21H32O4. The smallest absolute Gasteiger partial charge is 0.311 e. The molecule has 1 spiro atoms. The molecule has 5 atom stereocenters. The maximum Gasteiger partial charge on any atom is 0.311 e. The Morgan fingerprint density at radius 3 is 2.56 bits per heavy atom. The van der Waals surface area contributed by atoms with Crippen molar-refractivity contribution in [3.05, 3.63) is 11.6 Å². The van der Waals surface area contributed by atoms with Crippen LogP contribution in [0.5, 0.6) is 0 Å². The molecule has 4 heteroatoms. The second-order valence-corrected chi connectivity index (χ2v) is 9.54. The molecule has 3 aliphatic carbocycles. The van der Waals surface area contributed by atoms with Crippen molar-refractivity contribution in [2.75, 3.05) is 7.11 Å². The van der Waals surface area contributed by atoms with Crippen LogP contribution in [0.2, 0.25) is 0 Å². The zero-order valence-corrected chi connectivity index (χ0v) is 16.3. The molecule has 4 nitrogen and oxygen atoms in total. The Morgan fingerprint density at radius 2 is 1.96 bits per heavy atom. The maximum atomic E-state index is 12.7. The molecule has 0 N–H and O–H groups in total. The van der Waals surface area contributed by atoms with Gasteiger partial charge in [-0.25, -0.2) is 9.78 Å². The fourth-order valence-electron chi connectivity index (χ4n) is 6.67. The number of fused-ring (bicyclic) bond motifs is 3. The normalized spacial score (nSPS) is 48.6. The van der Waals surface area contributed by atoms with Crippen LogP contribution in [0.15, 0.2) is 11.6 Å². The summed E-state index contributed by atoms with van der Waals surface area (Å²) in [6, 6.07) is 0. The fourth-order valence-corrected chi connectivity index (χ4v) is 6.67. The third-order valence-electron chi connectivity index (χ3n) is 8.33. The minimum absolute atomic E-state index is 0.0590. The number of rotatable bonds is 2. The van der Waals surface area contributed by atoms with Gasteiger partial charge in [-0.15, -0.1) is 0 Å². The summed E-state index contributed by atoms with van der Waals surface area (Å²) in [6.07, 6.45) is 9.46. The first-order valence-electron chi connectivity index (χ1n) is 9.92. The van der Waals surface area contributed by atoms with E-state index in [9.17, 15) is 4.79 Å². The van der Waals surface area contributed by atoms with E-state index in [4.69, 9.17) is 14.5 Å². The lowest BCUT2D eigenvalue weighted by Gasteiger charge is -2.66. The number of hydrogen-bond acceptors (Lipinski definition) is 4. The Hall–Kier alpha value is -0.870. The average molecular weight is 348 g/mol. The third kappa shape index (κ3) is 1.98. The van der Waals surface area contributed by atoms with E-state index >= 15 is 0 Å². The molecule has 0 radical (unpaired) electrons. The Morgan fingerprint density at radius 1 is 1.20 bits per heavy atom. The van der Waals surface area contributed by atoms with Gasteiger partial charge in [0.25, 0.3) is 0 Å². The molecule has 0 amide bonds. The highest BCUT2D eigenvalue weighted by atomic mass is 17.2. The van der Waals surface area contributed by atoms with E-state index in [1.807, 2.05) is 0 Å². The van der Waals surface area contributed by atoms with Gasteiger partial charge in [-0.2, -0.15) is 0 Å². The van der Waals surface area contributed by atoms with Crippen LogP contribution in [0.4, 0.5) is 0 Å². The Kier molecular flexibility index (Phi) is 3.73. The fraction of sp³-hybridized carbons (Fsp3) is 0.857. The number of methoxy groups -OCH3 is 1. The van der Waals surface area contributed by atoms with Crippen molar-refractivity contribution in [1.82, 2.24) is 0 Å². The van der Waals surface area contributed by atoms with Gasteiger partial charge < -0.3 is 4.74 Å². The lowest BCUT2D eigenvalue weighted by Crippen LogP contribution is -2.68. The summed E-state index contributed by atoms with van der Waals surface area (Å²) in [6.45, 7) is 8.86. The van der Waals surface area contributed by atoms with Crippen molar-refractivity contribution in [3.8, 4) is 0 Å². The SMILES string of the molecule is COC(=O)[C@]1(C)CCC[C@@]2(C)[C@@H]1CCC1=C[C@]3(C(C)C)CC[C@@]12OO3. The van der Waals surface area contributed by atoms with Crippen LogP contribution >= 0.6 is 0 Å². The molecule has 3 fully saturated rings. The Bertz CT molecular complexity index is 613. The van der Waals surface area contributed by atoms with Crippen molar-refractivity contribution in [2.45, 2.75) is 83.8 Å². The first-order valence-corrected chi connectivity index (χ1v) is 9.92.